The van der Waals surface area contributed by atoms with Crippen molar-refractivity contribution >= 4 is 78.4 Å². The normalized spacial score (nSPS) is 14.8. The van der Waals surface area contributed by atoms with Crippen LogP contribution in [0, 0.1) is 0 Å². The van der Waals surface area contributed by atoms with Crippen LogP contribution >= 0.6 is 66.4 Å². The maximum Gasteiger partial charge on any atom is 0.338 e. The third-order valence-corrected chi connectivity index (χ3v) is 9.55. The minimum atomic E-state index is -0.786. The highest BCUT2D eigenvalue weighted by molar-refractivity contribution is 9.11. The van der Waals surface area contributed by atoms with Gasteiger partial charge in [-0.15, -0.1) is 0 Å². The molecule has 234 valence electrons. The Morgan fingerprint density at radius 3 is 2.49 bits per heavy atom. The highest BCUT2D eigenvalue weighted by Gasteiger charge is 2.35. The van der Waals surface area contributed by atoms with Crippen LogP contribution in [-0.4, -0.2) is 23.2 Å². The van der Waals surface area contributed by atoms with Gasteiger partial charge in [0.05, 0.1) is 37.5 Å². The molecule has 0 unspecified atom stereocenters. The van der Waals surface area contributed by atoms with Gasteiger partial charge in [-0.3, -0.25) is 9.36 Å². The second kappa shape index (κ2) is 14.3. The van der Waals surface area contributed by atoms with E-state index in [1.54, 1.807) is 36.6 Å². The van der Waals surface area contributed by atoms with E-state index in [4.69, 9.17) is 37.4 Å². The van der Waals surface area contributed by atoms with E-state index < -0.39 is 12.0 Å². The highest BCUT2D eigenvalue weighted by Crippen LogP contribution is 2.37. The zero-order valence-corrected chi connectivity index (χ0v) is 30.2. The van der Waals surface area contributed by atoms with E-state index in [0.29, 0.717) is 56.7 Å². The fourth-order valence-corrected chi connectivity index (χ4v) is 7.85. The Balaban J connectivity index is 1.58. The predicted molar refractivity (Wildman–Crippen MR) is 185 cm³/mol. The number of allylic oxidation sites excluding steroid dienone is 1. The van der Waals surface area contributed by atoms with E-state index in [1.165, 1.54) is 11.3 Å². The smallest absolute Gasteiger partial charge is 0.338 e. The van der Waals surface area contributed by atoms with Crippen molar-refractivity contribution in [3.05, 3.63) is 121 Å². The molecule has 3 aromatic carbocycles. The van der Waals surface area contributed by atoms with Gasteiger partial charge in [0.15, 0.2) is 4.80 Å². The summed E-state index contributed by atoms with van der Waals surface area (Å²) < 4.78 is 21.0. The molecule has 0 saturated carbocycles. The number of rotatable bonds is 9. The Labute approximate surface area is 291 Å². The summed E-state index contributed by atoms with van der Waals surface area (Å²) in [4.78, 5) is 32.6. The van der Waals surface area contributed by atoms with Gasteiger partial charge in [-0.25, -0.2) is 9.79 Å². The first-order chi connectivity index (χ1) is 21.5. The molecule has 0 N–H and O–H groups in total. The van der Waals surface area contributed by atoms with Crippen LogP contribution in [0.5, 0.6) is 11.5 Å². The molecule has 2 heterocycles. The third kappa shape index (κ3) is 7.25. The number of halogens is 4. The van der Waals surface area contributed by atoms with E-state index in [1.807, 2.05) is 56.3 Å². The number of hydrogen-bond donors (Lipinski definition) is 0. The molecule has 45 heavy (non-hydrogen) atoms. The van der Waals surface area contributed by atoms with Gasteiger partial charge >= 0.3 is 5.97 Å². The van der Waals surface area contributed by atoms with Crippen LogP contribution in [0.2, 0.25) is 10.0 Å². The Hall–Kier alpha value is -2.89. The average molecular weight is 795 g/mol. The molecule has 12 heteroatoms. The van der Waals surface area contributed by atoms with Crippen molar-refractivity contribution < 1.29 is 19.0 Å². The number of fused-ring (bicyclic) bond motifs is 1. The lowest BCUT2D eigenvalue weighted by atomic mass is 9.95. The first-order valence-electron chi connectivity index (χ1n) is 14.0. The summed E-state index contributed by atoms with van der Waals surface area (Å²) in [5.41, 5.74) is 2.70. The molecule has 4 aromatic rings. The SMILES string of the molecule is CCOC(=O)C1=C(C)N=c2s/c(=C/c3cc(Br)c(OCc4ccc(Cl)cc4Cl)c(Br)c3)c(=O)n2[C@@H]1c1ccccc1OC(C)C. The second-order valence-corrected chi connectivity index (χ2v) is 13.9. The fourth-order valence-electron chi connectivity index (χ4n) is 4.89. The Kier molecular flexibility index (Phi) is 10.6. The van der Waals surface area contributed by atoms with Crippen molar-refractivity contribution in [2.45, 2.75) is 46.4 Å². The largest absolute Gasteiger partial charge is 0.491 e. The number of ether oxygens (including phenoxy) is 3. The Morgan fingerprint density at radius 1 is 1.11 bits per heavy atom. The van der Waals surface area contributed by atoms with Gasteiger partial charge in [-0.2, -0.15) is 0 Å². The molecule has 0 spiro atoms. The first-order valence-corrected chi connectivity index (χ1v) is 17.1. The average Bonchev–Trinajstić information content (AvgIpc) is 3.26. The van der Waals surface area contributed by atoms with Crippen LogP contribution in [-0.2, 0) is 16.1 Å². The molecule has 1 aliphatic rings. The van der Waals surface area contributed by atoms with Crippen molar-refractivity contribution in [1.29, 1.82) is 0 Å². The Morgan fingerprint density at radius 2 is 1.82 bits per heavy atom. The zero-order valence-electron chi connectivity index (χ0n) is 24.7. The number of thiazole rings is 1. The van der Waals surface area contributed by atoms with Crippen LogP contribution < -0.4 is 24.4 Å². The molecule has 0 aliphatic carbocycles. The molecule has 5 rings (SSSR count). The predicted octanol–water partition coefficient (Wildman–Crippen LogP) is 8.00. The minimum absolute atomic E-state index is 0.120. The van der Waals surface area contributed by atoms with Gasteiger partial charge in [0, 0.05) is 21.2 Å². The lowest BCUT2D eigenvalue weighted by Crippen LogP contribution is -2.40. The monoisotopic (exact) mass is 792 g/mol. The molecule has 1 aliphatic heterocycles. The fraction of sp³-hybridized carbons (Fsp3) is 0.242. The molecular weight excluding hydrogens is 767 g/mol. The van der Waals surface area contributed by atoms with Gasteiger partial charge in [-0.05, 0) is 102 Å². The maximum absolute atomic E-state index is 14.1. The summed E-state index contributed by atoms with van der Waals surface area (Å²) in [5, 5.41) is 1.06. The van der Waals surface area contributed by atoms with Crippen LogP contribution in [0.1, 0.15) is 50.4 Å². The van der Waals surface area contributed by atoms with Crippen LogP contribution in [0.4, 0.5) is 0 Å². The summed E-state index contributed by atoms with van der Waals surface area (Å²) in [6.07, 6.45) is 1.67. The summed E-state index contributed by atoms with van der Waals surface area (Å²) in [7, 11) is 0. The number of nitrogens with zero attached hydrogens (tertiary/aromatic N) is 2. The van der Waals surface area contributed by atoms with Gasteiger partial charge in [0.25, 0.3) is 5.56 Å². The van der Waals surface area contributed by atoms with E-state index in [9.17, 15) is 9.59 Å². The van der Waals surface area contributed by atoms with E-state index in [0.717, 1.165) is 11.1 Å². The second-order valence-electron chi connectivity index (χ2n) is 10.3. The van der Waals surface area contributed by atoms with Crippen LogP contribution in [0.15, 0.2) is 84.6 Å². The van der Waals surface area contributed by atoms with Crippen molar-refractivity contribution in [3.8, 4) is 11.5 Å². The van der Waals surface area contributed by atoms with Crippen molar-refractivity contribution in [2.24, 2.45) is 4.99 Å². The summed E-state index contributed by atoms with van der Waals surface area (Å²) in [6.45, 7) is 7.77. The molecule has 0 saturated heterocycles. The highest BCUT2D eigenvalue weighted by atomic mass is 79.9. The number of hydrogen-bond acceptors (Lipinski definition) is 7. The standard InChI is InChI=1S/C33H28Br2Cl2N2O5S/c1-5-42-32(41)28-18(4)38-33-39(29(28)22-8-6-7-9-26(22)44-17(2)3)31(40)27(45-33)14-19-12-23(34)30(24(35)13-19)43-16-20-10-11-21(36)15-25(20)37/h6-15,17,29H,5,16H2,1-4H3/b27-14+/t29-/m1/s1. The lowest BCUT2D eigenvalue weighted by molar-refractivity contribution is -0.139. The van der Waals surface area contributed by atoms with E-state index in [2.05, 4.69) is 36.9 Å². The van der Waals surface area contributed by atoms with Gasteiger partial charge in [-0.1, -0.05) is 58.8 Å². The molecule has 0 amide bonds. The Bertz CT molecular complexity index is 1980. The van der Waals surface area contributed by atoms with Crippen molar-refractivity contribution in [3.63, 3.8) is 0 Å². The third-order valence-electron chi connectivity index (χ3n) is 6.80. The van der Waals surface area contributed by atoms with Gasteiger partial charge in [0.1, 0.15) is 24.1 Å². The summed E-state index contributed by atoms with van der Waals surface area (Å²) in [5.74, 6) is 0.628. The molecule has 0 radical (unpaired) electrons. The van der Waals surface area contributed by atoms with Crippen molar-refractivity contribution in [1.82, 2.24) is 4.57 Å². The van der Waals surface area contributed by atoms with Crippen molar-refractivity contribution in [2.75, 3.05) is 6.61 Å². The number of para-hydroxylation sites is 1. The quantitative estimate of drug-likeness (QED) is 0.161. The van der Waals surface area contributed by atoms with E-state index in [-0.39, 0.29) is 24.9 Å². The lowest BCUT2D eigenvalue weighted by Gasteiger charge is -2.26. The molecule has 0 bridgehead atoms. The molecule has 1 atom stereocenters. The number of carbonyl (C=O) groups excluding carboxylic acids is 1. The molecule has 0 fully saturated rings. The summed E-state index contributed by atoms with van der Waals surface area (Å²) in [6, 6.07) is 15.6. The minimum Gasteiger partial charge on any atom is -0.491 e. The number of esters is 1. The summed E-state index contributed by atoms with van der Waals surface area (Å²) >= 11 is 20.8. The first kappa shape index (κ1) is 33.5. The van der Waals surface area contributed by atoms with E-state index >= 15 is 0 Å². The zero-order chi connectivity index (χ0) is 32.4. The molecule has 7 nitrogen and oxygen atoms in total. The maximum atomic E-state index is 14.1. The van der Waals surface area contributed by atoms with Gasteiger partial charge in [0.2, 0.25) is 0 Å². The van der Waals surface area contributed by atoms with Crippen LogP contribution in [0.25, 0.3) is 6.08 Å². The topological polar surface area (TPSA) is 79.1 Å². The number of aromatic nitrogens is 1. The van der Waals surface area contributed by atoms with Gasteiger partial charge < -0.3 is 14.2 Å². The molecule has 1 aromatic heterocycles. The molecular formula is C33H28Br2Cl2N2O5S. The number of benzene rings is 3. The number of carbonyl (C=O) groups is 1. The van der Waals surface area contributed by atoms with Crippen LogP contribution in [0.3, 0.4) is 0 Å².